The number of benzene rings is 2. The summed E-state index contributed by atoms with van der Waals surface area (Å²) in [5, 5.41) is 5.27. The Morgan fingerprint density at radius 3 is 2.69 bits per heavy atom. The molecule has 0 aliphatic carbocycles. The van der Waals surface area contributed by atoms with Crippen molar-refractivity contribution in [1.29, 1.82) is 0 Å². The summed E-state index contributed by atoms with van der Waals surface area (Å²) in [5.41, 5.74) is 10.1. The van der Waals surface area contributed by atoms with Crippen molar-refractivity contribution in [2.24, 2.45) is 0 Å². The maximum absolute atomic E-state index is 11.8. The van der Waals surface area contributed by atoms with E-state index in [9.17, 15) is 4.79 Å². The number of rotatable bonds is 2. The fraction of sp³-hybridized carbons (Fsp3) is 0.250. The number of hydrogen-bond donors (Lipinski definition) is 4. The molecular formula is C20H23ClN4O. The SMILES string of the molecule is CNNC(=O)C1Cc2c([nH]c3ccccc23)CN1.Cc1cccc(Cl)c1. The van der Waals surface area contributed by atoms with Crippen LogP contribution in [0.2, 0.25) is 5.02 Å². The van der Waals surface area contributed by atoms with Crippen LogP contribution < -0.4 is 16.2 Å². The van der Waals surface area contributed by atoms with Crippen LogP contribution >= 0.6 is 11.6 Å². The molecule has 1 aliphatic rings. The van der Waals surface area contributed by atoms with Crippen molar-refractivity contribution in [3.8, 4) is 0 Å². The number of H-pyrrole nitrogens is 1. The van der Waals surface area contributed by atoms with Gasteiger partial charge in [-0.2, -0.15) is 0 Å². The Bertz CT molecular complexity index is 888. The highest BCUT2D eigenvalue weighted by Crippen LogP contribution is 2.26. The molecule has 2 heterocycles. The van der Waals surface area contributed by atoms with Crippen LogP contribution in [0.4, 0.5) is 0 Å². The van der Waals surface area contributed by atoms with Crippen LogP contribution in [0, 0.1) is 6.92 Å². The van der Waals surface area contributed by atoms with Crippen LogP contribution in [0.5, 0.6) is 0 Å². The average Bonchev–Trinajstić information content (AvgIpc) is 3.00. The zero-order valence-electron chi connectivity index (χ0n) is 14.9. The number of aromatic amines is 1. The van der Waals surface area contributed by atoms with Crippen LogP contribution in [-0.2, 0) is 17.8 Å². The molecule has 0 radical (unpaired) electrons. The predicted molar refractivity (Wildman–Crippen MR) is 106 cm³/mol. The first-order valence-corrected chi connectivity index (χ1v) is 8.97. The van der Waals surface area contributed by atoms with E-state index in [0.29, 0.717) is 13.0 Å². The molecule has 4 N–H and O–H groups in total. The zero-order chi connectivity index (χ0) is 18.5. The Labute approximate surface area is 158 Å². The normalized spacial score (nSPS) is 15.7. The van der Waals surface area contributed by atoms with Crippen molar-refractivity contribution in [2.75, 3.05) is 7.05 Å². The quantitative estimate of drug-likeness (QED) is 0.524. The van der Waals surface area contributed by atoms with Crippen molar-refractivity contribution in [3.63, 3.8) is 0 Å². The number of aromatic nitrogens is 1. The van der Waals surface area contributed by atoms with Crippen LogP contribution in [0.15, 0.2) is 48.5 Å². The van der Waals surface area contributed by atoms with Crippen molar-refractivity contribution < 1.29 is 4.79 Å². The minimum atomic E-state index is -0.177. The maximum atomic E-state index is 11.8. The van der Waals surface area contributed by atoms with Crippen molar-refractivity contribution in [2.45, 2.75) is 25.9 Å². The predicted octanol–water partition coefficient (Wildman–Crippen LogP) is 3.08. The fourth-order valence-electron chi connectivity index (χ4n) is 3.14. The highest BCUT2D eigenvalue weighted by atomic mass is 35.5. The lowest BCUT2D eigenvalue weighted by Gasteiger charge is -2.23. The van der Waals surface area contributed by atoms with E-state index < -0.39 is 0 Å². The number of aryl methyl sites for hydroxylation is 1. The number of hydrazine groups is 1. The Kier molecular flexibility index (Phi) is 5.93. The number of carbonyl (C=O) groups is 1. The van der Waals surface area contributed by atoms with Crippen LogP contribution in [-0.4, -0.2) is 24.0 Å². The van der Waals surface area contributed by atoms with Gasteiger partial charge in [-0.05, 0) is 42.7 Å². The Balaban J connectivity index is 0.000000206. The minimum absolute atomic E-state index is 0.0200. The van der Waals surface area contributed by atoms with E-state index in [1.165, 1.54) is 22.2 Å². The number of halogens is 1. The molecule has 1 amide bonds. The zero-order valence-corrected chi connectivity index (χ0v) is 15.7. The smallest absolute Gasteiger partial charge is 0.251 e. The molecule has 2 aromatic carbocycles. The second-order valence-corrected chi connectivity index (χ2v) is 6.74. The molecule has 1 atom stereocenters. The molecule has 4 rings (SSSR count). The molecule has 1 unspecified atom stereocenters. The summed E-state index contributed by atoms with van der Waals surface area (Å²) < 4.78 is 0. The molecule has 0 spiro atoms. The summed E-state index contributed by atoms with van der Waals surface area (Å²) in [6.07, 6.45) is 0.715. The first kappa shape index (κ1) is 18.5. The van der Waals surface area contributed by atoms with Crippen molar-refractivity contribution >= 4 is 28.4 Å². The van der Waals surface area contributed by atoms with E-state index >= 15 is 0 Å². The summed E-state index contributed by atoms with van der Waals surface area (Å²) in [4.78, 5) is 15.2. The van der Waals surface area contributed by atoms with Gasteiger partial charge in [-0.25, -0.2) is 5.43 Å². The standard InChI is InChI=1S/C13H16N4O.C7H7Cl/c1-14-17-13(18)11-6-9-8-4-2-3-5-10(8)16-12(9)7-15-11;1-6-3-2-4-7(8)5-6/h2-5,11,14-16H,6-7H2,1H3,(H,17,18);2-5H,1H3. The molecule has 0 fully saturated rings. The summed E-state index contributed by atoms with van der Waals surface area (Å²) in [6.45, 7) is 2.72. The summed E-state index contributed by atoms with van der Waals surface area (Å²) in [5.74, 6) is -0.0200. The number of amides is 1. The Morgan fingerprint density at radius 1 is 1.19 bits per heavy atom. The third-order valence-corrected chi connectivity index (χ3v) is 4.62. The van der Waals surface area contributed by atoms with Crippen LogP contribution in [0.1, 0.15) is 16.8 Å². The Morgan fingerprint density at radius 2 is 2.00 bits per heavy atom. The minimum Gasteiger partial charge on any atom is -0.357 e. The van der Waals surface area contributed by atoms with Crippen LogP contribution in [0.3, 0.4) is 0 Å². The fourth-order valence-corrected chi connectivity index (χ4v) is 3.39. The first-order valence-electron chi connectivity index (χ1n) is 8.59. The molecule has 6 heteroatoms. The molecular weight excluding hydrogens is 348 g/mol. The first-order chi connectivity index (χ1) is 12.6. The van der Waals surface area contributed by atoms with Gasteiger partial charge in [-0.3, -0.25) is 15.5 Å². The van der Waals surface area contributed by atoms with Gasteiger partial charge in [0.05, 0.1) is 6.04 Å². The van der Waals surface area contributed by atoms with Crippen molar-refractivity contribution in [1.82, 2.24) is 21.2 Å². The molecule has 26 heavy (non-hydrogen) atoms. The lowest BCUT2D eigenvalue weighted by atomic mass is 9.98. The van der Waals surface area contributed by atoms with Gasteiger partial charge in [-0.15, -0.1) is 0 Å². The lowest BCUT2D eigenvalue weighted by Crippen LogP contribution is -2.50. The Hall–Kier alpha value is -2.34. The second kappa shape index (κ2) is 8.36. The van der Waals surface area contributed by atoms with Gasteiger partial charge in [-0.1, -0.05) is 41.9 Å². The van der Waals surface area contributed by atoms with E-state index in [1.54, 1.807) is 7.05 Å². The van der Waals surface area contributed by atoms with Gasteiger partial charge in [0.2, 0.25) is 0 Å². The molecule has 3 aromatic rings. The van der Waals surface area contributed by atoms with E-state index in [0.717, 1.165) is 10.5 Å². The van der Waals surface area contributed by atoms with E-state index in [4.69, 9.17) is 11.6 Å². The molecule has 0 bridgehead atoms. The molecule has 1 aliphatic heterocycles. The van der Waals surface area contributed by atoms with Gasteiger partial charge in [0.15, 0.2) is 0 Å². The number of carbonyl (C=O) groups excluding carboxylic acids is 1. The molecule has 0 saturated heterocycles. The average molecular weight is 371 g/mol. The van der Waals surface area contributed by atoms with Gasteiger partial charge < -0.3 is 4.98 Å². The number of fused-ring (bicyclic) bond motifs is 3. The highest BCUT2D eigenvalue weighted by molar-refractivity contribution is 6.30. The monoisotopic (exact) mass is 370 g/mol. The number of nitrogens with one attached hydrogen (secondary N) is 4. The summed E-state index contributed by atoms with van der Waals surface area (Å²) in [6, 6.07) is 15.8. The highest BCUT2D eigenvalue weighted by Gasteiger charge is 2.26. The van der Waals surface area contributed by atoms with Gasteiger partial charge in [0.1, 0.15) is 0 Å². The molecule has 1 aromatic heterocycles. The number of para-hydroxylation sites is 1. The largest absolute Gasteiger partial charge is 0.357 e. The van der Waals surface area contributed by atoms with E-state index in [1.807, 2.05) is 43.3 Å². The second-order valence-electron chi connectivity index (χ2n) is 6.30. The van der Waals surface area contributed by atoms with Gasteiger partial charge in [0.25, 0.3) is 5.91 Å². The lowest BCUT2D eigenvalue weighted by molar-refractivity contribution is -0.124. The maximum Gasteiger partial charge on any atom is 0.251 e. The summed E-state index contributed by atoms with van der Waals surface area (Å²) >= 11 is 5.64. The molecule has 5 nitrogen and oxygen atoms in total. The van der Waals surface area contributed by atoms with E-state index in [2.05, 4.69) is 33.3 Å². The molecule has 136 valence electrons. The third kappa shape index (κ3) is 4.25. The van der Waals surface area contributed by atoms with Gasteiger partial charge in [0, 0.05) is 35.2 Å². The third-order valence-electron chi connectivity index (χ3n) is 4.38. The van der Waals surface area contributed by atoms with E-state index in [-0.39, 0.29) is 11.9 Å². The molecule has 0 saturated carbocycles. The summed E-state index contributed by atoms with van der Waals surface area (Å²) in [7, 11) is 1.69. The number of hydrogen-bond acceptors (Lipinski definition) is 3. The van der Waals surface area contributed by atoms with Gasteiger partial charge >= 0.3 is 0 Å². The van der Waals surface area contributed by atoms with Crippen LogP contribution in [0.25, 0.3) is 10.9 Å². The van der Waals surface area contributed by atoms with Crippen molar-refractivity contribution in [3.05, 3.63) is 70.4 Å². The topological polar surface area (TPSA) is 68.9 Å².